The Bertz CT molecular complexity index is 582. The molecule has 21 heavy (non-hydrogen) atoms. The molecule has 0 spiro atoms. The summed E-state index contributed by atoms with van der Waals surface area (Å²) in [7, 11) is 0. The normalized spacial score (nSPS) is 21.3. The van der Waals surface area contributed by atoms with Gasteiger partial charge in [0.05, 0.1) is 10.6 Å². The molecule has 3 rings (SSSR count). The second-order valence-electron chi connectivity index (χ2n) is 5.37. The number of amides is 1. The van der Waals surface area contributed by atoms with E-state index in [1.54, 1.807) is 6.07 Å². The molecule has 7 nitrogen and oxygen atoms in total. The van der Waals surface area contributed by atoms with Crippen LogP contribution in [0.5, 0.6) is 5.75 Å². The van der Waals surface area contributed by atoms with Crippen molar-refractivity contribution in [2.24, 2.45) is 0 Å². The van der Waals surface area contributed by atoms with Crippen LogP contribution in [0, 0.1) is 10.1 Å². The highest BCUT2D eigenvalue weighted by Gasteiger charge is 2.25. The number of ether oxygens (including phenoxy) is 1. The number of benzene rings is 1. The van der Waals surface area contributed by atoms with Crippen molar-refractivity contribution in [1.82, 2.24) is 5.32 Å². The van der Waals surface area contributed by atoms with Crippen molar-refractivity contribution in [3.8, 4) is 5.75 Å². The number of carbonyl (C=O) groups is 1. The molecule has 0 aliphatic carbocycles. The minimum Gasteiger partial charge on any atom is -0.482 e. The highest BCUT2D eigenvalue weighted by atomic mass is 16.6. The van der Waals surface area contributed by atoms with Crippen LogP contribution in [0.15, 0.2) is 12.1 Å². The number of nitrogens with zero attached hydrogens (tertiary/aromatic N) is 1. The third kappa shape index (κ3) is 2.97. The Morgan fingerprint density at radius 3 is 2.90 bits per heavy atom. The second-order valence-corrected chi connectivity index (χ2v) is 5.37. The Morgan fingerprint density at radius 1 is 1.33 bits per heavy atom. The number of piperidine rings is 1. The van der Waals surface area contributed by atoms with Gasteiger partial charge in [0.1, 0.15) is 6.10 Å². The predicted octanol–water partition coefficient (Wildman–Crippen LogP) is 1.61. The number of nitro benzene ring substituents is 1. The quantitative estimate of drug-likeness (QED) is 0.652. The van der Waals surface area contributed by atoms with Gasteiger partial charge in [0.15, 0.2) is 5.75 Å². The molecular weight excluding hydrogens is 274 g/mol. The lowest BCUT2D eigenvalue weighted by molar-refractivity contribution is -0.386. The van der Waals surface area contributed by atoms with Crippen molar-refractivity contribution in [3.63, 3.8) is 0 Å². The number of aryl methyl sites for hydroxylation is 1. The zero-order chi connectivity index (χ0) is 14.8. The lowest BCUT2D eigenvalue weighted by atomic mass is 10.0. The van der Waals surface area contributed by atoms with Crippen LogP contribution in [0.4, 0.5) is 11.4 Å². The van der Waals surface area contributed by atoms with Crippen molar-refractivity contribution < 1.29 is 14.5 Å². The summed E-state index contributed by atoms with van der Waals surface area (Å²) in [5, 5.41) is 17.1. The van der Waals surface area contributed by atoms with Gasteiger partial charge in [-0.25, -0.2) is 0 Å². The molecule has 1 aromatic carbocycles. The summed E-state index contributed by atoms with van der Waals surface area (Å²) in [5.74, 6) is 0.186. The average Bonchev–Trinajstić information content (AvgIpc) is 2.47. The number of fused-ring (bicyclic) bond motifs is 1. The van der Waals surface area contributed by atoms with Crippen LogP contribution in [0.2, 0.25) is 0 Å². The third-order valence-corrected chi connectivity index (χ3v) is 3.82. The fourth-order valence-corrected chi connectivity index (χ4v) is 2.73. The highest BCUT2D eigenvalue weighted by molar-refractivity contribution is 5.94. The van der Waals surface area contributed by atoms with E-state index in [2.05, 4.69) is 10.6 Å². The molecule has 0 aromatic heterocycles. The first-order valence-corrected chi connectivity index (χ1v) is 7.12. The predicted molar refractivity (Wildman–Crippen MR) is 76.6 cm³/mol. The molecule has 2 aliphatic rings. The van der Waals surface area contributed by atoms with Gasteiger partial charge in [0, 0.05) is 19.0 Å². The molecule has 1 aromatic rings. The Labute approximate surface area is 121 Å². The van der Waals surface area contributed by atoms with E-state index >= 15 is 0 Å². The Hall–Kier alpha value is -2.15. The molecule has 1 amide bonds. The lowest BCUT2D eigenvalue weighted by Crippen LogP contribution is -2.37. The molecule has 0 saturated carbocycles. The van der Waals surface area contributed by atoms with Crippen LogP contribution in [-0.2, 0) is 11.2 Å². The number of carbonyl (C=O) groups excluding carboxylic acids is 1. The first-order chi connectivity index (χ1) is 10.1. The fraction of sp³-hybridized carbons (Fsp3) is 0.500. The van der Waals surface area contributed by atoms with E-state index in [0.717, 1.165) is 24.9 Å². The molecule has 0 radical (unpaired) electrons. The highest BCUT2D eigenvalue weighted by Crippen LogP contribution is 2.36. The van der Waals surface area contributed by atoms with Crippen molar-refractivity contribution in [1.29, 1.82) is 0 Å². The largest absolute Gasteiger partial charge is 0.482 e. The summed E-state index contributed by atoms with van der Waals surface area (Å²) in [6, 6.07) is 3.10. The summed E-state index contributed by atoms with van der Waals surface area (Å²) >= 11 is 0. The summed E-state index contributed by atoms with van der Waals surface area (Å²) in [6.45, 7) is 1.66. The smallest absolute Gasteiger partial charge is 0.313 e. The van der Waals surface area contributed by atoms with E-state index in [9.17, 15) is 14.9 Å². The van der Waals surface area contributed by atoms with Gasteiger partial charge in [-0.3, -0.25) is 14.9 Å². The Balaban J connectivity index is 1.90. The first kappa shape index (κ1) is 13.8. The third-order valence-electron chi connectivity index (χ3n) is 3.82. The topological polar surface area (TPSA) is 93.5 Å². The molecule has 2 N–H and O–H groups in total. The molecular formula is C14H17N3O4. The molecule has 112 valence electrons. The van der Waals surface area contributed by atoms with Gasteiger partial charge in [-0.15, -0.1) is 0 Å². The van der Waals surface area contributed by atoms with Crippen LogP contribution in [-0.4, -0.2) is 30.0 Å². The van der Waals surface area contributed by atoms with Gasteiger partial charge in [0.2, 0.25) is 5.91 Å². The van der Waals surface area contributed by atoms with E-state index in [1.807, 2.05) is 0 Å². The van der Waals surface area contributed by atoms with E-state index in [1.165, 1.54) is 6.07 Å². The SMILES string of the molecule is O=C1CCc2cc(O[C@H]3CCCNC3)c([N+](=O)[O-])cc2N1. The number of hydrogen-bond acceptors (Lipinski definition) is 5. The second kappa shape index (κ2) is 5.69. The maximum absolute atomic E-state index is 11.4. The van der Waals surface area contributed by atoms with Gasteiger partial charge in [-0.2, -0.15) is 0 Å². The van der Waals surface area contributed by atoms with E-state index in [-0.39, 0.29) is 17.7 Å². The molecule has 1 atom stereocenters. The minimum absolute atomic E-state index is 0.0475. The molecule has 0 unspecified atom stereocenters. The molecule has 7 heteroatoms. The van der Waals surface area contributed by atoms with Gasteiger partial charge in [-0.05, 0) is 37.4 Å². The Morgan fingerprint density at radius 2 is 2.19 bits per heavy atom. The monoisotopic (exact) mass is 291 g/mol. The number of nitrogens with one attached hydrogen (secondary N) is 2. The van der Waals surface area contributed by atoms with Crippen molar-refractivity contribution >= 4 is 17.3 Å². The van der Waals surface area contributed by atoms with Crippen LogP contribution >= 0.6 is 0 Å². The van der Waals surface area contributed by atoms with E-state index in [4.69, 9.17) is 4.74 Å². The van der Waals surface area contributed by atoms with Crippen molar-refractivity contribution in [3.05, 3.63) is 27.8 Å². The standard InChI is InChI=1S/C14H17N3O4/c18-14-4-3-9-6-13(21-10-2-1-5-15-8-10)12(17(19)20)7-11(9)16-14/h6-7,10,15H,1-5,8H2,(H,16,18)/t10-/m0/s1. The minimum atomic E-state index is -0.466. The zero-order valence-corrected chi connectivity index (χ0v) is 11.6. The summed E-state index contributed by atoms with van der Waals surface area (Å²) in [4.78, 5) is 22.2. The number of nitro groups is 1. The summed E-state index contributed by atoms with van der Waals surface area (Å²) < 4.78 is 5.82. The number of rotatable bonds is 3. The first-order valence-electron chi connectivity index (χ1n) is 7.12. The van der Waals surface area contributed by atoms with Crippen LogP contribution < -0.4 is 15.4 Å². The van der Waals surface area contributed by atoms with Crippen molar-refractivity contribution in [2.45, 2.75) is 31.8 Å². The van der Waals surface area contributed by atoms with E-state index < -0.39 is 4.92 Å². The Kier molecular flexibility index (Phi) is 3.74. The molecule has 2 heterocycles. The molecule has 1 fully saturated rings. The molecule has 0 bridgehead atoms. The zero-order valence-electron chi connectivity index (χ0n) is 11.6. The van der Waals surface area contributed by atoms with Gasteiger partial charge >= 0.3 is 5.69 Å². The number of hydrogen-bond donors (Lipinski definition) is 2. The van der Waals surface area contributed by atoms with Gasteiger partial charge < -0.3 is 15.4 Å². The maximum Gasteiger partial charge on any atom is 0.313 e. The molecule has 1 saturated heterocycles. The van der Waals surface area contributed by atoms with Crippen LogP contribution in [0.3, 0.4) is 0 Å². The average molecular weight is 291 g/mol. The van der Waals surface area contributed by atoms with Gasteiger partial charge in [-0.1, -0.05) is 0 Å². The van der Waals surface area contributed by atoms with Crippen molar-refractivity contribution in [2.75, 3.05) is 18.4 Å². The lowest BCUT2D eigenvalue weighted by Gasteiger charge is -2.25. The maximum atomic E-state index is 11.4. The van der Waals surface area contributed by atoms with E-state index in [0.29, 0.717) is 30.8 Å². The van der Waals surface area contributed by atoms with Gasteiger partial charge in [0.25, 0.3) is 0 Å². The fourth-order valence-electron chi connectivity index (χ4n) is 2.73. The molecule has 2 aliphatic heterocycles. The van der Waals surface area contributed by atoms with Crippen LogP contribution in [0.1, 0.15) is 24.8 Å². The summed E-state index contributed by atoms with van der Waals surface area (Å²) in [6.07, 6.45) is 2.82. The number of anilines is 1. The summed E-state index contributed by atoms with van der Waals surface area (Å²) in [5.41, 5.74) is 1.31. The van der Waals surface area contributed by atoms with Crippen LogP contribution in [0.25, 0.3) is 0 Å².